The molecular weight excluding hydrogens is 514 g/mol. The standard InChI is InChI=1S/C23H11F8N5O/c24-16-3-1-2-15(20(16)25)21-33-18-8-32-36(10-19(18)34-21)9-14-7-17(35-37-14)11-4-12(22(26,27)28)6-13(5-11)23(29,30)31/h1-8,10H,9H2. The molecule has 2 aliphatic heterocycles. The molecule has 0 N–H and O–H groups in total. The predicted octanol–water partition coefficient (Wildman–Crippen LogP) is 6.46. The van der Waals surface area contributed by atoms with Crippen LogP contribution < -0.4 is 0 Å². The molecule has 14 heteroatoms. The largest absolute Gasteiger partial charge is 0.416 e. The maximum Gasteiger partial charge on any atom is 0.416 e. The first-order chi connectivity index (χ1) is 17.4. The fraction of sp³-hybridized carbons (Fsp3) is 0.130. The van der Waals surface area contributed by atoms with Gasteiger partial charge in [0.25, 0.3) is 0 Å². The highest BCUT2D eigenvalue weighted by Crippen LogP contribution is 2.38. The second-order valence-corrected chi connectivity index (χ2v) is 7.86. The van der Waals surface area contributed by atoms with E-state index in [1.165, 1.54) is 35.3 Å². The Hall–Kier alpha value is -4.36. The molecule has 0 radical (unpaired) electrons. The van der Waals surface area contributed by atoms with Gasteiger partial charge in [-0.2, -0.15) is 31.4 Å². The zero-order valence-electron chi connectivity index (χ0n) is 18.1. The minimum atomic E-state index is -5.01. The van der Waals surface area contributed by atoms with Crippen molar-refractivity contribution in [2.75, 3.05) is 0 Å². The molecule has 0 fully saturated rings. The highest BCUT2D eigenvalue weighted by Gasteiger charge is 2.37. The molecule has 0 bridgehead atoms. The minimum Gasteiger partial charge on any atom is -0.359 e. The van der Waals surface area contributed by atoms with Gasteiger partial charge in [0.2, 0.25) is 0 Å². The average Bonchev–Trinajstić information content (AvgIpc) is 3.46. The van der Waals surface area contributed by atoms with E-state index in [1.54, 1.807) is 0 Å². The number of hydrogen-bond donors (Lipinski definition) is 0. The summed E-state index contributed by atoms with van der Waals surface area (Å²) in [7, 11) is 0. The van der Waals surface area contributed by atoms with Gasteiger partial charge in [-0.15, -0.1) is 0 Å². The van der Waals surface area contributed by atoms with Crippen LogP contribution in [0.2, 0.25) is 0 Å². The molecule has 0 aliphatic carbocycles. The number of fused-ring (bicyclic) bond motifs is 1. The van der Waals surface area contributed by atoms with E-state index in [9.17, 15) is 35.1 Å². The fourth-order valence-corrected chi connectivity index (χ4v) is 3.53. The monoisotopic (exact) mass is 525 g/mol. The van der Waals surface area contributed by atoms with Crippen LogP contribution in [0.1, 0.15) is 16.9 Å². The molecule has 1 aromatic heterocycles. The lowest BCUT2D eigenvalue weighted by molar-refractivity contribution is -0.143. The Labute approximate surface area is 201 Å². The SMILES string of the molecule is Fc1cccc(-c2nc3cnn(Cc4cc(-c5cc(C(F)(F)F)cc(C(F)(F)F)c5)no4)cc-3n2)c1F. The molecule has 0 saturated carbocycles. The second kappa shape index (κ2) is 8.64. The van der Waals surface area contributed by atoms with Crippen LogP contribution in [0.25, 0.3) is 34.0 Å². The van der Waals surface area contributed by atoms with Crippen molar-refractivity contribution in [1.29, 1.82) is 0 Å². The summed E-state index contributed by atoms with van der Waals surface area (Å²) in [5, 5.41) is 7.68. The van der Waals surface area contributed by atoms with Gasteiger partial charge in [-0.1, -0.05) is 11.2 Å². The van der Waals surface area contributed by atoms with E-state index in [4.69, 9.17) is 4.52 Å². The maximum atomic E-state index is 14.1. The van der Waals surface area contributed by atoms with Crippen LogP contribution in [0.3, 0.4) is 0 Å². The first kappa shape index (κ1) is 24.3. The Balaban J connectivity index is 1.44. The van der Waals surface area contributed by atoms with E-state index in [0.717, 1.165) is 6.07 Å². The zero-order chi connectivity index (χ0) is 26.5. The summed E-state index contributed by atoms with van der Waals surface area (Å²) in [6, 6.07) is 5.84. The van der Waals surface area contributed by atoms with E-state index >= 15 is 0 Å². The Bertz CT molecular complexity index is 1540. The van der Waals surface area contributed by atoms with Crippen molar-refractivity contribution in [3.8, 4) is 34.0 Å². The summed E-state index contributed by atoms with van der Waals surface area (Å²) in [4.78, 5) is 8.29. The van der Waals surface area contributed by atoms with Crippen LogP contribution in [0, 0.1) is 11.6 Å². The topological polar surface area (TPSA) is 69.6 Å². The molecule has 6 nitrogen and oxygen atoms in total. The molecule has 2 aliphatic rings. The Kier molecular flexibility index (Phi) is 5.68. The van der Waals surface area contributed by atoms with Crippen LogP contribution in [0.4, 0.5) is 35.1 Å². The van der Waals surface area contributed by atoms with Crippen LogP contribution in [-0.2, 0) is 18.9 Å². The van der Waals surface area contributed by atoms with E-state index < -0.39 is 40.7 Å². The summed E-state index contributed by atoms with van der Waals surface area (Å²) in [6.07, 6.45) is -7.32. The van der Waals surface area contributed by atoms with Crippen molar-refractivity contribution in [3.63, 3.8) is 0 Å². The van der Waals surface area contributed by atoms with E-state index in [-0.39, 0.29) is 46.8 Å². The number of benzene rings is 2. The zero-order valence-corrected chi connectivity index (χ0v) is 18.1. The summed E-state index contributed by atoms with van der Waals surface area (Å²) < 4.78 is 113. The van der Waals surface area contributed by atoms with Gasteiger partial charge in [0, 0.05) is 11.6 Å². The highest BCUT2D eigenvalue weighted by molar-refractivity contribution is 5.65. The summed E-state index contributed by atoms with van der Waals surface area (Å²) in [5.41, 5.74) is -3.26. The Morgan fingerprint density at radius 2 is 1.49 bits per heavy atom. The summed E-state index contributed by atoms with van der Waals surface area (Å²) in [5.74, 6) is -2.19. The number of imidazole rings is 1. The molecule has 2 aromatic carbocycles. The molecule has 37 heavy (non-hydrogen) atoms. The first-order valence-corrected chi connectivity index (χ1v) is 10.3. The minimum absolute atomic E-state index is 0.0182. The average molecular weight is 525 g/mol. The maximum absolute atomic E-state index is 14.1. The third-order valence-corrected chi connectivity index (χ3v) is 5.27. The summed E-state index contributed by atoms with van der Waals surface area (Å²) >= 11 is 0. The van der Waals surface area contributed by atoms with Gasteiger partial charge in [-0.25, -0.2) is 18.7 Å². The number of aromatic nitrogens is 5. The third kappa shape index (κ3) is 4.86. The van der Waals surface area contributed by atoms with Crippen LogP contribution in [0.15, 0.2) is 59.4 Å². The van der Waals surface area contributed by atoms with Crippen molar-refractivity contribution in [2.24, 2.45) is 0 Å². The van der Waals surface area contributed by atoms with Crippen LogP contribution in [-0.4, -0.2) is 24.9 Å². The molecule has 5 rings (SSSR count). The van der Waals surface area contributed by atoms with Crippen molar-refractivity contribution < 1.29 is 39.6 Å². The van der Waals surface area contributed by atoms with Crippen molar-refractivity contribution >= 4 is 0 Å². The van der Waals surface area contributed by atoms with Crippen LogP contribution >= 0.6 is 0 Å². The molecule has 0 unspecified atom stereocenters. The highest BCUT2D eigenvalue weighted by atomic mass is 19.4. The molecule has 190 valence electrons. The van der Waals surface area contributed by atoms with Gasteiger partial charge < -0.3 is 4.52 Å². The lowest BCUT2D eigenvalue weighted by Crippen LogP contribution is -2.11. The van der Waals surface area contributed by atoms with Crippen molar-refractivity contribution in [2.45, 2.75) is 18.9 Å². The van der Waals surface area contributed by atoms with Crippen LogP contribution in [0.5, 0.6) is 0 Å². The van der Waals surface area contributed by atoms with Gasteiger partial charge in [0.1, 0.15) is 23.6 Å². The number of rotatable bonds is 4. The van der Waals surface area contributed by atoms with Gasteiger partial charge in [0.05, 0.1) is 29.1 Å². The number of nitrogens with zero attached hydrogens (tertiary/aromatic N) is 5. The van der Waals surface area contributed by atoms with Crippen molar-refractivity contribution in [1.82, 2.24) is 24.9 Å². The molecule has 0 spiro atoms. The molecule has 3 heterocycles. The Morgan fingerprint density at radius 1 is 0.811 bits per heavy atom. The number of alkyl halides is 6. The fourth-order valence-electron chi connectivity index (χ4n) is 3.53. The first-order valence-electron chi connectivity index (χ1n) is 10.3. The van der Waals surface area contributed by atoms with E-state index in [0.29, 0.717) is 12.1 Å². The normalized spacial score (nSPS) is 12.4. The smallest absolute Gasteiger partial charge is 0.359 e. The second-order valence-electron chi connectivity index (χ2n) is 7.86. The molecule has 0 amide bonds. The van der Waals surface area contributed by atoms with E-state index in [2.05, 4.69) is 20.2 Å². The number of halogens is 8. The molecule has 3 aromatic rings. The summed E-state index contributed by atoms with van der Waals surface area (Å²) in [6.45, 7) is -0.120. The molecule has 0 saturated heterocycles. The van der Waals surface area contributed by atoms with E-state index in [1.807, 2.05) is 0 Å². The van der Waals surface area contributed by atoms with Gasteiger partial charge in [0.15, 0.2) is 23.2 Å². The number of hydrogen-bond acceptors (Lipinski definition) is 5. The third-order valence-electron chi connectivity index (χ3n) is 5.27. The van der Waals surface area contributed by atoms with Crippen molar-refractivity contribution in [3.05, 3.63) is 83.4 Å². The van der Waals surface area contributed by atoms with Gasteiger partial charge in [-0.05, 0) is 30.3 Å². The predicted molar refractivity (Wildman–Crippen MR) is 111 cm³/mol. The van der Waals surface area contributed by atoms with Gasteiger partial charge in [-0.3, -0.25) is 4.68 Å². The molecule has 0 atom stereocenters. The molecular formula is C23H11F8N5O. The lowest BCUT2D eigenvalue weighted by atomic mass is 10.0. The lowest BCUT2D eigenvalue weighted by Gasteiger charge is -2.13. The Morgan fingerprint density at radius 3 is 2.16 bits per heavy atom. The van der Waals surface area contributed by atoms with Gasteiger partial charge >= 0.3 is 12.4 Å². The quantitative estimate of drug-likeness (QED) is 0.252.